The topological polar surface area (TPSA) is 51.2 Å². The van der Waals surface area contributed by atoms with Crippen molar-refractivity contribution in [2.45, 2.75) is 33.2 Å². The molecule has 0 aliphatic carbocycles. The highest BCUT2D eigenvalue weighted by Crippen LogP contribution is 2.20. The van der Waals surface area contributed by atoms with Gasteiger partial charge < -0.3 is 10.1 Å². The minimum absolute atomic E-state index is 0.112. The Morgan fingerprint density at radius 2 is 2.33 bits per heavy atom. The van der Waals surface area contributed by atoms with Crippen LogP contribution in [0.25, 0.3) is 0 Å². The summed E-state index contributed by atoms with van der Waals surface area (Å²) in [6.07, 6.45) is 2.90. The highest BCUT2D eigenvalue weighted by Gasteiger charge is 2.12. The molecule has 100 valence electrons. The summed E-state index contributed by atoms with van der Waals surface area (Å²) in [5.74, 6) is -0.342. The van der Waals surface area contributed by atoms with Crippen molar-refractivity contribution in [1.82, 2.24) is 10.3 Å². The summed E-state index contributed by atoms with van der Waals surface area (Å²) in [7, 11) is 0. The fraction of sp³-hybridized carbons (Fsp3) is 0.538. The molecule has 1 aromatic heterocycles. The van der Waals surface area contributed by atoms with Gasteiger partial charge in [-0.25, -0.2) is 9.78 Å². The van der Waals surface area contributed by atoms with E-state index in [9.17, 15) is 4.79 Å². The van der Waals surface area contributed by atoms with Crippen molar-refractivity contribution in [2.75, 3.05) is 13.2 Å². The number of aryl methyl sites for hydroxylation is 1. The van der Waals surface area contributed by atoms with Gasteiger partial charge in [-0.05, 0) is 20.3 Å². The predicted octanol–water partition coefficient (Wildman–Crippen LogP) is 2.48. The van der Waals surface area contributed by atoms with Crippen molar-refractivity contribution in [3.63, 3.8) is 0 Å². The Hall–Kier alpha value is -1.20. The summed E-state index contributed by atoms with van der Waals surface area (Å²) in [5, 5.41) is 4.25. The number of aromatic nitrogens is 1. The van der Waals surface area contributed by atoms with E-state index in [0.29, 0.717) is 18.7 Å². The van der Waals surface area contributed by atoms with E-state index in [1.807, 2.05) is 13.1 Å². The lowest BCUT2D eigenvalue weighted by Gasteiger charge is -2.11. The molecule has 0 fully saturated rings. The van der Waals surface area contributed by atoms with Crippen LogP contribution in [-0.4, -0.2) is 24.1 Å². The van der Waals surface area contributed by atoms with Crippen molar-refractivity contribution >= 4 is 17.3 Å². The zero-order valence-electron chi connectivity index (χ0n) is 11.2. The Bertz CT molecular complexity index is 415. The first-order chi connectivity index (χ1) is 8.58. The average Bonchev–Trinajstić information content (AvgIpc) is 2.84. The van der Waals surface area contributed by atoms with Crippen LogP contribution in [0.1, 0.15) is 36.7 Å². The van der Waals surface area contributed by atoms with Gasteiger partial charge in [-0.2, -0.15) is 0 Å². The first kappa shape index (κ1) is 14.9. The van der Waals surface area contributed by atoms with E-state index in [-0.39, 0.29) is 12.0 Å². The quantitative estimate of drug-likeness (QED) is 0.609. The molecule has 0 saturated heterocycles. The second-order valence-electron chi connectivity index (χ2n) is 3.94. The fourth-order valence-electron chi connectivity index (χ4n) is 1.36. The van der Waals surface area contributed by atoms with Crippen LogP contribution < -0.4 is 5.32 Å². The van der Waals surface area contributed by atoms with Crippen molar-refractivity contribution in [2.24, 2.45) is 0 Å². The van der Waals surface area contributed by atoms with E-state index in [1.54, 1.807) is 18.3 Å². The largest absolute Gasteiger partial charge is 0.463 e. The van der Waals surface area contributed by atoms with E-state index in [4.69, 9.17) is 4.74 Å². The van der Waals surface area contributed by atoms with Crippen LogP contribution in [0.15, 0.2) is 18.3 Å². The number of ether oxygens (including phenoxy) is 1. The first-order valence-corrected chi connectivity index (χ1v) is 6.93. The summed E-state index contributed by atoms with van der Waals surface area (Å²) >= 11 is 1.69. The summed E-state index contributed by atoms with van der Waals surface area (Å²) < 4.78 is 4.87. The van der Waals surface area contributed by atoms with Gasteiger partial charge >= 0.3 is 5.97 Å². The molecule has 0 aromatic carbocycles. The van der Waals surface area contributed by atoms with Gasteiger partial charge in [0.1, 0.15) is 5.01 Å². The van der Waals surface area contributed by atoms with E-state index in [1.165, 1.54) is 4.88 Å². The van der Waals surface area contributed by atoms with Gasteiger partial charge in [0.05, 0.1) is 12.6 Å². The molecular weight excluding hydrogens is 248 g/mol. The molecular formula is C13H20N2O2S. The summed E-state index contributed by atoms with van der Waals surface area (Å²) in [5.41, 5.74) is 0.441. The molecule has 18 heavy (non-hydrogen) atoms. The summed E-state index contributed by atoms with van der Waals surface area (Å²) in [4.78, 5) is 17.0. The molecule has 0 aliphatic heterocycles. The van der Waals surface area contributed by atoms with Crippen LogP contribution >= 0.6 is 11.3 Å². The van der Waals surface area contributed by atoms with Crippen LogP contribution in [0.2, 0.25) is 0 Å². The zero-order chi connectivity index (χ0) is 13.5. The van der Waals surface area contributed by atoms with E-state index >= 15 is 0 Å². The maximum absolute atomic E-state index is 11.4. The maximum atomic E-state index is 11.4. The number of rotatable bonds is 7. The zero-order valence-corrected chi connectivity index (χ0v) is 12.0. The minimum Gasteiger partial charge on any atom is -0.463 e. The molecule has 4 nitrogen and oxygen atoms in total. The monoisotopic (exact) mass is 268 g/mol. The highest BCUT2D eigenvalue weighted by atomic mass is 32.1. The molecule has 1 atom stereocenters. The molecule has 0 radical (unpaired) electrons. The Morgan fingerprint density at radius 3 is 2.89 bits per heavy atom. The number of nitrogens with one attached hydrogen (secondary N) is 1. The van der Waals surface area contributed by atoms with Gasteiger partial charge in [-0.15, -0.1) is 11.3 Å². The number of hydrogen-bond acceptors (Lipinski definition) is 5. The predicted molar refractivity (Wildman–Crippen MR) is 73.7 cm³/mol. The lowest BCUT2D eigenvalue weighted by Crippen LogP contribution is -2.24. The molecule has 1 aromatic rings. The standard InChI is InChI=1S/C13H20N2O2S/c1-5-11-8-15-12(18-11)10(4)14-7-9(3)13(16)17-6-2/h8,10,14H,3,5-7H2,1-2,4H3. The third-order valence-corrected chi connectivity index (χ3v) is 3.80. The Kier molecular flexibility index (Phi) is 6.01. The second-order valence-corrected chi connectivity index (χ2v) is 5.09. The smallest absolute Gasteiger partial charge is 0.334 e. The van der Waals surface area contributed by atoms with Gasteiger partial charge in [0, 0.05) is 23.2 Å². The van der Waals surface area contributed by atoms with E-state index in [0.717, 1.165) is 11.4 Å². The summed E-state index contributed by atoms with van der Waals surface area (Å²) in [6, 6.07) is 0.112. The normalized spacial score (nSPS) is 12.2. The minimum atomic E-state index is -0.342. The summed E-state index contributed by atoms with van der Waals surface area (Å²) in [6.45, 7) is 10.4. The van der Waals surface area contributed by atoms with Crippen molar-refractivity contribution in [3.8, 4) is 0 Å². The molecule has 5 heteroatoms. The second kappa shape index (κ2) is 7.28. The number of hydrogen-bond donors (Lipinski definition) is 1. The Labute approximate surface area is 112 Å². The van der Waals surface area contributed by atoms with Crippen molar-refractivity contribution in [3.05, 3.63) is 28.2 Å². The number of carbonyl (C=O) groups excluding carboxylic acids is 1. The third-order valence-electron chi connectivity index (χ3n) is 2.48. The molecule has 0 aliphatic rings. The lowest BCUT2D eigenvalue weighted by atomic mass is 10.2. The Balaban J connectivity index is 2.43. The highest BCUT2D eigenvalue weighted by molar-refractivity contribution is 7.11. The van der Waals surface area contributed by atoms with Gasteiger partial charge in [0.2, 0.25) is 0 Å². The molecule has 1 rings (SSSR count). The van der Waals surface area contributed by atoms with Crippen LogP contribution in [0, 0.1) is 0 Å². The number of carbonyl (C=O) groups is 1. The Morgan fingerprint density at radius 1 is 1.61 bits per heavy atom. The van der Waals surface area contributed by atoms with Crippen LogP contribution in [0.4, 0.5) is 0 Å². The van der Waals surface area contributed by atoms with Gasteiger partial charge in [-0.1, -0.05) is 13.5 Å². The fourth-order valence-corrected chi connectivity index (χ4v) is 2.24. The van der Waals surface area contributed by atoms with E-state index in [2.05, 4.69) is 23.8 Å². The number of nitrogens with zero attached hydrogens (tertiary/aromatic N) is 1. The van der Waals surface area contributed by atoms with Crippen LogP contribution in [0.5, 0.6) is 0 Å². The molecule has 0 amide bonds. The van der Waals surface area contributed by atoms with Gasteiger partial charge in [-0.3, -0.25) is 0 Å². The van der Waals surface area contributed by atoms with Crippen LogP contribution in [0.3, 0.4) is 0 Å². The number of esters is 1. The molecule has 1 unspecified atom stereocenters. The molecule has 1 heterocycles. The van der Waals surface area contributed by atoms with Gasteiger partial charge in [0.25, 0.3) is 0 Å². The maximum Gasteiger partial charge on any atom is 0.334 e. The SMILES string of the molecule is C=C(CNC(C)c1ncc(CC)s1)C(=O)OCC. The molecule has 0 saturated carbocycles. The van der Waals surface area contributed by atoms with E-state index < -0.39 is 0 Å². The van der Waals surface area contributed by atoms with Crippen molar-refractivity contribution < 1.29 is 9.53 Å². The lowest BCUT2D eigenvalue weighted by molar-refractivity contribution is -0.138. The number of thiazole rings is 1. The first-order valence-electron chi connectivity index (χ1n) is 6.11. The molecule has 0 spiro atoms. The van der Waals surface area contributed by atoms with Crippen molar-refractivity contribution in [1.29, 1.82) is 0 Å². The van der Waals surface area contributed by atoms with Gasteiger partial charge in [0.15, 0.2) is 0 Å². The molecule has 1 N–H and O–H groups in total. The van der Waals surface area contributed by atoms with Crippen LogP contribution in [-0.2, 0) is 16.0 Å². The molecule has 0 bridgehead atoms. The average molecular weight is 268 g/mol. The third kappa shape index (κ3) is 4.23.